The second kappa shape index (κ2) is 9.24. The lowest BCUT2D eigenvalue weighted by atomic mass is 9.73. The molecule has 0 spiro atoms. The molecule has 6 atom stereocenters. The zero-order valence-electron chi connectivity index (χ0n) is 19.6. The number of piperidine rings is 3. The maximum absolute atomic E-state index is 13.4. The van der Waals surface area contributed by atoms with E-state index in [1.54, 1.807) is 13.2 Å². The van der Waals surface area contributed by atoms with E-state index in [0.29, 0.717) is 17.4 Å². The fourth-order valence-electron chi connectivity index (χ4n) is 5.77. The highest BCUT2D eigenvalue weighted by Gasteiger charge is 2.43. The van der Waals surface area contributed by atoms with Crippen molar-refractivity contribution in [1.29, 1.82) is 0 Å². The van der Waals surface area contributed by atoms with E-state index in [2.05, 4.69) is 29.5 Å². The van der Waals surface area contributed by atoms with E-state index in [-0.39, 0.29) is 11.8 Å². The van der Waals surface area contributed by atoms with Crippen LogP contribution in [-0.4, -0.2) is 54.2 Å². The van der Waals surface area contributed by atoms with Crippen LogP contribution in [0.2, 0.25) is 0 Å². The quantitative estimate of drug-likeness (QED) is 0.469. The largest absolute Gasteiger partial charge is 0.497 e. The number of aliphatic hydroxyl groups excluding tert-OH is 1. The molecule has 5 nitrogen and oxygen atoms in total. The number of carbonyl (C=O) groups excluding carboxylic acids is 1. The Morgan fingerprint density at radius 1 is 1.24 bits per heavy atom. The number of hydrogen-bond acceptors (Lipinski definition) is 5. The van der Waals surface area contributed by atoms with Gasteiger partial charge in [-0.1, -0.05) is 43.0 Å². The van der Waals surface area contributed by atoms with Crippen molar-refractivity contribution in [3.63, 3.8) is 0 Å². The first kappa shape index (κ1) is 22.6. The summed E-state index contributed by atoms with van der Waals surface area (Å²) in [7, 11) is 1.64. The molecule has 4 aliphatic rings. The Bertz CT molecular complexity index is 1140. The van der Waals surface area contributed by atoms with Gasteiger partial charge < -0.3 is 15.2 Å². The molecule has 3 saturated heterocycles. The summed E-state index contributed by atoms with van der Waals surface area (Å²) < 4.78 is 5.46. The molecule has 2 aromatic carbocycles. The molecule has 2 aromatic rings. The standard InChI is InChI=1S/C29H32N2O3/c1-4-18-6-8-20(9-7-18)28(32)26-16-24(23-15-22(34-3)10-11-25(23)30-26)29(33)27-14-21-12-13-31(27)17-19(21)5-2/h4-11,15-16,19,21,26-27,29-30,33H,1-2,12-14,17H2,3H3/t19-,21?,26?,27-,29+/m0/s1. The first-order chi connectivity index (χ1) is 16.5. The maximum atomic E-state index is 13.4. The van der Waals surface area contributed by atoms with Gasteiger partial charge in [0.1, 0.15) is 11.8 Å². The third-order valence-electron chi connectivity index (χ3n) is 7.75. The summed E-state index contributed by atoms with van der Waals surface area (Å²) in [6.07, 6.45) is 7.12. The molecule has 6 rings (SSSR count). The van der Waals surface area contributed by atoms with Crippen molar-refractivity contribution in [2.75, 3.05) is 25.5 Å². The van der Waals surface area contributed by atoms with Gasteiger partial charge in [-0.25, -0.2) is 0 Å². The molecule has 2 N–H and O–H groups in total. The predicted octanol–water partition coefficient (Wildman–Crippen LogP) is 4.66. The fourth-order valence-corrected chi connectivity index (χ4v) is 5.77. The van der Waals surface area contributed by atoms with Gasteiger partial charge in [-0.15, -0.1) is 6.58 Å². The summed E-state index contributed by atoms with van der Waals surface area (Å²) in [6, 6.07) is 12.7. The molecule has 0 aromatic heterocycles. The van der Waals surface area contributed by atoms with Gasteiger partial charge in [0.15, 0.2) is 5.78 Å². The highest BCUT2D eigenvalue weighted by atomic mass is 16.5. The van der Waals surface area contributed by atoms with Crippen LogP contribution in [-0.2, 0) is 0 Å². The van der Waals surface area contributed by atoms with Crippen LogP contribution >= 0.6 is 0 Å². The molecular formula is C29H32N2O3. The number of rotatable bonds is 7. The Morgan fingerprint density at radius 3 is 2.68 bits per heavy atom. The third kappa shape index (κ3) is 3.99. The summed E-state index contributed by atoms with van der Waals surface area (Å²) >= 11 is 0. The Balaban J connectivity index is 1.49. The molecule has 176 valence electrons. The number of ether oxygens (including phenoxy) is 1. The number of ketones is 1. The van der Waals surface area contributed by atoms with Gasteiger partial charge in [-0.2, -0.15) is 0 Å². The van der Waals surface area contributed by atoms with Crippen molar-refractivity contribution in [3.05, 3.63) is 84.5 Å². The number of Topliss-reactive ketones (excluding diaryl/α,β-unsaturated/α-hetero) is 1. The molecule has 3 fully saturated rings. The second-order valence-electron chi connectivity index (χ2n) is 9.54. The molecule has 0 saturated carbocycles. The first-order valence-electron chi connectivity index (χ1n) is 12.0. The van der Waals surface area contributed by atoms with Crippen LogP contribution in [0.4, 0.5) is 5.69 Å². The Labute approximate surface area is 201 Å². The summed E-state index contributed by atoms with van der Waals surface area (Å²) in [5.41, 5.74) is 4.11. The van der Waals surface area contributed by atoms with E-state index in [9.17, 15) is 9.90 Å². The molecular weight excluding hydrogens is 424 g/mol. The number of nitrogens with one attached hydrogen (secondary N) is 1. The van der Waals surface area contributed by atoms with E-state index < -0.39 is 12.1 Å². The minimum absolute atomic E-state index is 0.0287. The van der Waals surface area contributed by atoms with Crippen LogP contribution in [0.5, 0.6) is 5.75 Å². The summed E-state index contributed by atoms with van der Waals surface area (Å²) in [4.78, 5) is 15.8. The van der Waals surface area contributed by atoms with E-state index in [0.717, 1.165) is 54.1 Å². The van der Waals surface area contributed by atoms with Crippen molar-refractivity contribution < 1.29 is 14.6 Å². The monoisotopic (exact) mass is 456 g/mol. The summed E-state index contributed by atoms with van der Waals surface area (Å²) in [5.74, 6) is 1.73. The predicted molar refractivity (Wildman–Crippen MR) is 137 cm³/mol. The third-order valence-corrected chi connectivity index (χ3v) is 7.75. The number of methoxy groups -OCH3 is 1. The van der Waals surface area contributed by atoms with Gasteiger partial charge in [0.05, 0.1) is 13.2 Å². The van der Waals surface area contributed by atoms with Gasteiger partial charge in [0.2, 0.25) is 0 Å². The second-order valence-corrected chi connectivity index (χ2v) is 9.54. The molecule has 2 bridgehead atoms. The highest BCUT2D eigenvalue weighted by Crippen LogP contribution is 2.42. The Hall–Kier alpha value is -3.15. The van der Waals surface area contributed by atoms with E-state index in [4.69, 9.17) is 4.74 Å². The summed E-state index contributed by atoms with van der Waals surface area (Å²) in [6.45, 7) is 9.72. The van der Waals surface area contributed by atoms with Crippen LogP contribution in [0.15, 0.2) is 67.8 Å². The maximum Gasteiger partial charge on any atom is 0.188 e. The molecule has 0 radical (unpaired) electrons. The number of aliphatic hydroxyl groups is 1. The molecule has 4 heterocycles. The van der Waals surface area contributed by atoms with Gasteiger partial charge in [-0.3, -0.25) is 9.69 Å². The van der Waals surface area contributed by atoms with Crippen molar-refractivity contribution in [2.24, 2.45) is 11.8 Å². The topological polar surface area (TPSA) is 61.8 Å². The van der Waals surface area contributed by atoms with E-state index >= 15 is 0 Å². The average molecular weight is 457 g/mol. The molecule has 0 aliphatic carbocycles. The van der Waals surface area contributed by atoms with Crippen molar-refractivity contribution in [2.45, 2.75) is 31.0 Å². The first-order valence-corrected chi connectivity index (χ1v) is 12.0. The molecule has 5 heteroatoms. The minimum atomic E-state index is -0.694. The number of anilines is 1. The number of nitrogens with zero attached hydrogens (tertiary/aromatic N) is 1. The average Bonchev–Trinajstić information content (AvgIpc) is 2.91. The number of fused-ring (bicyclic) bond motifs is 4. The number of carbonyl (C=O) groups is 1. The van der Waals surface area contributed by atoms with Crippen LogP contribution in [0.25, 0.3) is 11.6 Å². The fraction of sp³-hybridized carbons (Fsp3) is 0.345. The number of hydrogen-bond donors (Lipinski definition) is 2. The minimum Gasteiger partial charge on any atom is -0.497 e. The van der Waals surface area contributed by atoms with Gasteiger partial charge in [0.25, 0.3) is 0 Å². The van der Waals surface area contributed by atoms with Crippen LogP contribution < -0.4 is 10.1 Å². The Morgan fingerprint density at radius 2 is 2.03 bits per heavy atom. The molecule has 0 amide bonds. The zero-order chi connectivity index (χ0) is 23.8. The molecule has 4 aliphatic heterocycles. The smallest absolute Gasteiger partial charge is 0.188 e. The van der Waals surface area contributed by atoms with E-state index in [1.165, 1.54) is 0 Å². The summed E-state index contributed by atoms with van der Waals surface area (Å²) in [5, 5.41) is 15.1. The van der Waals surface area contributed by atoms with Crippen LogP contribution in [0, 0.1) is 11.8 Å². The van der Waals surface area contributed by atoms with Crippen molar-refractivity contribution in [3.8, 4) is 5.75 Å². The lowest BCUT2D eigenvalue weighted by molar-refractivity contribution is -0.0254. The SMILES string of the molecule is C=Cc1ccc(C(=O)C2C=C([C@@H](O)[C@@H]3CC4CCN3C[C@@H]4C=C)c3cc(OC)ccc3N2)cc1. The van der Waals surface area contributed by atoms with Crippen molar-refractivity contribution >= 4 is 23.1 Å². The zero-order valence-corrected chi connectivity index (χ0v) is 19.6. The van der Waals surface area contributed by atoms with Crippen LogP contribution in [0.1, 0.15) is 34.3 Å². The molecule has 34 heavy (non-hydrogen) atoms. The normalized spacial score (nSPS) is 28.2. The van der Waals surface area contributed by atoms with Gasteiger partial charge in [-0.05, 0) is 66.6 Å². The van der Waals surface area contributed by atoms with Crippen molar-refractivity contribution in [1.82, 2.24) is 4.90 Å². The lowest BCUT2D eigenvalue weighted by Crippen LogP contribution is -2.57. The Kier molecular flexibility index (Phi) is 6.15. The van der Waals surface area contributed by atoms with Gasteiger partial charge >= 0.3 is 0 Å². The van der Waals surface area contributed by atoms with Crippen LogP contribution in [0.3, 0.4) is 0 Å². The lowest BCUT2D eigenvalue weighted by Gasteiger charge is -2.51. The molecule has 3 unspecified atom stereocenters. The highest BCUT2D eigenvalue weighted by molar-refractivity contribution is 6.05. The number of benzene rings is 2. The van der Waals surface area contributed by atoms with Gasteiger partial charge in [0, 0.05) is 29.4 Å². The van der Waals surface area contributed by atoms with E-state index in [1.807, 2.05) is 48.5 Å².